The summed E-state index contributed by atoms with van der Waals surface area (Å²) < 4.78 is 5.23. The fourth-order valence-corrected chi connectivity index (χ4v) is 4.14. The predicted octanol–water partition coefficient (Wildman–Crippen LogP) is 2.42. The molecule has 7 nitrogen and oxygen atoms in total. The van der Waals surface area contributed by atoms with Crippen molar-refractivity contribution in [3.05, 3.63) is 30.1 Å². The Morgan fingerprint density at radius 3 is 2.43 bits per heavy atom. The molecule has 1 aromatic carbocycles. The van der Waals surface area contributed by atoms with Crippen LogP contribution in [0.3, 0.4) is 0 Å². The van der Waals surface area contributed by atoms with Gasteiger partial charge in [-0.2, -0.15) is 4.98 Å². The molecule has 0 radical (unpaired) electrons. The molecule has 0 bridgehead atoms. The zero-order valence-electron chi connectivity index (χ0n) is 17.0. The number of amides is 1. The van der Waals surface area contributed by atoms with Crippen molar-refractivity contribution >= 4 is 11.6 Å². The Bertz CT molecular complexity index is 808. The first-order valence-corrected chi connectivity index (χ1v) is 10.2. The number of rotatable bonds is 4. The van der Waals surface area contributed by atoms with Crippen LogP contribution in [0, 0.1) is 12.8 Å². The molecule has 0 unspecified atom stereocenters. The van der Waals surface area contributed by atoms with Crippen molar-refractivity contribution in [1.29, 1.82) is 0 Å². The molecule has 2 aliphatic heterocycles. The van der Waals surface area contributed by atoms with Crippen LogP contribution in [-0.4, -0.2) is 71.2 Å². The number of nitrogens with zero attached hydrogens (tertiary/aromatic N) is 5. The molecule has 1 atom stereocenters. The third kappa shape index (κ3) is 3.90. The van der Waals surface area contributed by atoms with E-state index in [0.717, 1.165) is 56.9 Å². The molecule has 2 fully saturated rings. The molecule has 150 valence electrons. The van der Waals surface area contributed by atoms with Crippen LogP contribution in [-0.2, 0) is 4.79 Å². The van der Waals surface area contributed by atoms with Gasteiger partial charge in [-0.05, 0) is 51.5 Å². The Balaban J connectivity index is 1.34. The summed E-state index contributed by atoms with van der Waals surface area (Å²) >= 11 is 0. The molecule has 7 heteroatoms. The van der Waals surface area contributed by atoms with Gasteiger partial charge in [0.05, 0.1) is 5.92 Å². The van der Waals surface area contributed by atoms with E-state index in [1.54, 1.807) is 0 Å². The Labute approximate surface area is 166 Å². The van der Waals surface area contributed by atoms with Gasteiger partial charge in [-0.25, -0.2) is 0 Å². The first-order chi connectivity index (χ1) is 13.5. The number of hydrogen-bond donors (Lipinski definition) is 0. The van der Waals surface area contributed by atoms with Crippen molar-refractivity contribution in [3.63, 3.8) is 0 Å². The van der Waals surface area contributed by atoms with E-state index >= 15 is 0 Å². The molecule has 4 rings (SSSR count). The fourth-order valence-electron chi connectivity index (χ4n) is 4.14. The van der Waals surface area contributed by atoms with Gasteiger partial charge in [-0.3, -0.25) is 9.69 Å². The first-order valence-electron chi connectivity index (χ1n) is 10.2. The lowest BCUT2D eigenvalue weighted by molar-refractivity contribution is -0.136. The monoisotopic (exact) mass is 383 g/mol. The van der Waals surface area contributed by atoms with E-state index in [-0.39, 0.29) is 5.92 Å². The van der Waals surface area contributed by atoms with E-state index in [9.17, 15) is 4.79 Å². The average Bonchev–Trinajstić information content (AvgIpc) is 3.37. The summed E-state index contributed by atoms with van der Waals surface area (Å²) in [7, 11) is 0. The average molecular weight is 383 g/mol. The van der Waals surface area contributed by atoms with E-state index in [2.05, 4.69) is 50.8 Å². The second-order valence-corrected chi connectivity index (χ2v) is 8.08. The molecule has 1 aromatic heterocycles. The van der Waals surface area contributed by atoms with Gasteiger partial charge in [-0.15, -0.1) is 0 Å². The van der Waals surface area contributed by atoms with Crippen LogP contribution in [0.2, 0.25) is 0 Å². The highest BCUT2D eigenvalue weighted by atomic mass is 16.5. The highest BCUT2D eigenvalue weighted by Gasteiger charge is 2.33. The summed E-state index contributed by atoms with van der Waals surface area (Å²) in [6.07, 6.45) is 0.924. The normalized spacial score (nSPS) is 20.9. The molecule has 3 heterocycles. The lowest BCUT2D eigenvalue weighted by atomic mass is 10.1. The van der Waals surface area contributed by atoms with Crippen LogP contribution in [0.5, 0.6) is 0 Å². The molecule has 2 aromatic rings. The SMILES string of the molecule is Cc1noc(-c2ccc(N3CC[C@@H](C(=O)N4CCN(C(C)C)CC4)C3)cc2)n1. The predicted molar refractivity (Wildman–Crippen MR) is 108 cm³/mol. The number of aromatic nitrogens is 2. The lowest BCUT2D eigenvalue weighted by Crippen LogP contribution is -2.52. The fraction of sp³-hybridized carbons (Fsp3) is 0.571. The lowest BCUT2D eigenvalue weighted by Gasteiger charge is -2.37. The molecule has 0 N–H and O–H groups in total. The maximum atomic E-state index is 12.9. The van der Waals surface area contributed by atoms with Gasteiger partial charge in [0, 0.05) is 56.6 Å². The van der Waals surface area contributed by atoms with Gasteiger partial charge >= 0.3 is 0 Å². The summed E-state index contributed by atoms with van der Waals surface area (Å²) in [6, 6.07) is 8.70. The van der Waals surface area contributed by atoms with Crippen molar-refractivity contribution in [1.82, 2.24) is 19.9 Å². The van der Waals surface area contributed by atoms with E-state index in [1.165, 1.54) is 0 Å². The van der Waals surface area contributed by atoms with Gasteiger partial charge in [0.1, 0.15) is 0 Å². The van der Waals surface area contributed by atoms with Crippen LogP contribution in [0.15, 0.2) is 28.8 Å². The Morgan fingerprint density at radius 1 is 1.11 bits per heavy atom. The minimum Gasteiger partial charge on any atom is -0.371 e. The molecule has 0 aliphatic carbocycles. The van der Waals surface area contributed by atoms with E-state index in [0.29, 0.717) is 23.7 Å². The van der Waals surface area contributed by atoms with Crippen LogP contribution in [0.1, 0.15) is 26.1 Å². The standard InChI is InChI=1S/C21H29N5O2/c1-15(2)24-10-12-25(13-11-24)21(27)18-8-9-26(14-18)19-6-4-17(5-7-19)20-22-16(3)23-28-20/h4-7,15,18H,8-14H2,1-3H3/t18-/m1/s1. The maximum absolute atomic E-state index is 12.9. The second-order valence-electron chi connectivity index (χ2n) is 8.08. The summed E-state index contributed by atoms with van der Waals surface area (Å²) in [5.74, 6) is 1.60. The molecular formula is C21H29N5O2. The second kappa shape index (κ2) is 7.91. The molecular weight excluding hydrogens is 354 g/mol. The smallest absolute Gasteiger partial charge is 0.257 e. The molecule has 1 amide bonds. The summed E-state index contributed by atoms with van der Waals surface area (Å²) in [6.45, 7) is 11.6. The number of anilines is 1. The highest BCUT2D eigenvalue weighted by Crippen LogP contribution is 2.28. The van der Waals surface area contributed by atoms with Crippen molar-refractivity contribution in [3.8, 4) is 11.5 Å². The Hall–Kier alpha value is -2.41. The van der Waals surface area contributed by atoms with Crippen molar-refractivity contribution in [2.24, 2.45) is 5.92 Å². The van der Waals surface area contributed by atoms with E-state index < -0.39 is 0 Å². The number of piperazine rings is 1. The van der Waals surface area contributed by atoms with Gasteiger partial charge < -0.3 is 14.3 Å². The number of carbonyl (C=O) groups is 1. The van der Waals surface area contributed by atoms with Crippen LogP contribution >= 0.6 is 0 Å². The Kier molecular flexibility index (Phi) is 5.35. The molecule has 0 spiro atoms. The Morgan fingerprint density at radius 2 is 1.82 bits per heavy atom. The van der Waals surface area contributed by atoms with Gasteiger partial charge in [0.2, 0.25) is 5.91 Å². The van der Waals surface area contributed by atoms with E-state index in [1.807, 2.05) is 19.1 Å². The third-order valence-electron chi connectivity index (χ3n) is 5.90. The van der Waals surface area contributed by atoms with Crippen molar-refractivity contribution < 1.29 is 9.32 Å². The van der Waals surface area contributed by atoms with Crippen LogP contribution in [0.25, 0.3) is 11.5 Å². The van der Waals surface area contributed by atoms with Crippen molar-refractivity contribution in [2.75, 3.05) is 44.2 Å². The summed E-state index contributed by atoms with van der Waals surface area (Å²) in [5.41, 5.74) is 2.05. The maximum Gasteiger partial charge on any atom is 0.257 e. The van der Waals surface area contributed by atoms with Crippen LogP contribution < -0.4 is 4.90 Å². The number of aryl methyl sites for hydroxylation is 1. The quantitative estimate of drug-likeness (QED) is 0.808. The number of hydrogen-bond acceptors (Lipinski definition) is 6. The zero-order chi connectivity index (χ0) is 19.7. The van der Waals surface area contributed by atoms with Crippen molar-refractivity contribution in [2.45, 2.75) is 33.2 Å². The molecule has 2 aliphatic rings. The van der Waals surface area contributed by atoms with Gasteiger partial charge in [0.25, 0.3) is 5.89 Å². The van der Waals surface area contributed by atoms with Gasteiger partial charge in [0.15, 0.2) is 5.82 Å². The number of carbonyl (C=O) groups excluding carboxylic acids is 1. The molecule has 0 saturated carbocycles. The highest BCUT2D eigenvalue weighted by molar-refractivity contribution is 5.80. The molecule has 2 saturated heterocycles. The third-order valence-corrected chi connectivity index (χ3v) is 5.90. The molecule has 28 heavy (non-hydrogen) atoms. The van der Waals surface area contributed by atoms with E-state index in [4.69, 9.17) is 4.52 Å². The first kappa shape index (κ1) is 18.9. The summed E-state index contributed by atoms with van der Waals surface area (Å²) in [4.78, 5) is 24.0. The minimum absolute atomic E-state index is 0.101. The zero-order valence-corrected chi connectivity index (χ0v) is 17.0. The number of benzene rings is 1. The topological polar surface area (TPSA) is 65.7 Å². The van der Waals surface area contributed by atoms with Gasteiger partial charge in [-0.1, -0.05) is 5.16 Å². The summed E-state index contributed by atoms with van der Waals surface area (Å²) in [5, 5.41) is 3.84. The van der Waals surface area contributed by atoms with Crippen LogP contribution in [0.4, 0.5) is 5.69 Å². The minimum atomic E-state index is 0.101. The largest absolute Gasteiger partial charge is 0.371 e.